The molecule has 2 rings (SSSR count). The van der Waals surface area contributed by atoms with E-state index >= 15 is 0 Å². The number of aryl methyl sites for hydroxylation is 2. The molecule has 0 amide bonds. The van der Waals surface area contributed by atoms with Crippen molar-refractivity contribution in [2.75, 3.05) is 7.11 Å². The summed E-state index contributed by atoms with van der Waals surface area (Å²) in [5.41, 5.74) is 3.41. The molecule has 2 aromatic rings. The third-order valence-electron chi connectivity index (χ3n) is 3.90. The van der Waals surface area contributed by atoms with Crippen LogP contribution < -0.4 is 4.74 Å². The zero-order valence-electron chi connectivity index (χ0n) is 12.9. The van der Waals surface area contributed by atoms with E-state index in [9.17, 15) is 9.50 Å². The molecule has 1 heterocycles. The van der Waals surface area contributed by atoms with Crippen LogP contribution in [-0.2, 0) is 13.5 Å². The Morgan fingerprint density at radius 1 is 1.38 bits per heavy atom. The highest BCUT2D eigenvalue weighted by atomic mass is 19.1. The summed E-state index contributed by atoms with van der Waals surface area (Å²) in [6.07, 6.45) is 0.236. The van der Waals surface area contributed by atoms with Crippen LogP contribution in [0.2, 0.25) is 0 Å². The molecule has 0 saturated carbocycles. The van der Waals surface area contributed by atoms with E-state index in [2.05, 4.69) is 5.10 Å². The zero-order chi connectivity index (χ0) is 15.6. The maximum Gasteiger partial charge on any atom is 0.170 e. The summed E-state index contributed by atoms with van der Waals surface area (Å²) in [6, 6.07) is 4.81. The van der Waals surface area contributed by atoms with Crippen LogP contribution in [0, 0.1) is 19.7 Å². The van der Waals surface area contributed by atoms with Crippen molar-refractivity contribution in [3.05, 3.63) is 46.5 Å². The van der Waals surface area contributed by atoms with Gasteiger partial charge in [0.25, 0.3) is 0 Å². The average molecular weight is 292 g/mol. The normalized spacial score (nSPS) is 12.5. The standard InChI is InChI=1S/C16H21FN2O2/c1-10-12(11(2)19(3)18-10)8-9-14(20)13-6-5-7-15(21-4)16(13)17/h5-7,14,20H,8-9H2,1-4H3. The highest BCUT2D eigenvalue weighted by Crippen LogP contribution is 2.28. The Balaban J connectivity index is 2.14. The lowest BCUT2D eigenvalue weighted by atomic mass is 9.99. The number of hydrogen-bond donors (Lipinski definition) is 1. The van der Waals surface area contributed by atoms with E-state index in [4.69, 9.17) is 4.74 Å². The predicted molar refractivity (Wildman–Crippen MR) is 78.9 cm³/mol. The van der Waals surface area contributed by atoms with Crippen molar-refractivity contribution in [2.24, 2.45) is 7.05 Å². The van der Waals surface area contributed by atoms with E-state index < -0.39 is 11.9 Å². The third kappa shape index (κ3) is 3.08. The molecule has 4 nitrogen and oxygen atoms in total. The minimum Gasteiger partial charge on any atom is -0.494 e. The van der Waals surface area contributed by atoms with Gasteiger partial charge in [0.15, 0.2) is 11.6 Å². The summed E-state index contributed by atoms with van der Waals surface area (Å²) in [5, 5.41) is 14.6. The Bertz CT molecular complexity index is 637. The number of ether oxygens (including phenoxy) is 1. The summed E-state index contributed by atoms with van der Waals surface area (Å²) in [6.45, 7) is 3.94. The number of benzene rings is 1. The first-order valence-electron chi connectivity index (χ1n) is 6.95. The average Bonchev–Trinajstić information content (AvgIpc) is 2.70. The quantitative estimate of drug-likeness (QED) is 0.922. The van der Waals surface area contributed by atoms with Crippen LogP contribution >= 0.6 is 0 Å². The molecule has 0 aliphatic heterocycles. The van der Waals surface area contributed by atoms with Crippen molar-refractivity contribution in [1.29, 1.82) is 0 Å². The summed E-state index contributed by atoms with van der Waals surface area (Å²) in [4.78, 5) is 0. The molecular formula is C16H21FN2O2. The molecular weight excluding hydrogens is 271 g/mol. The van der Waals surface area contributed by atoms with E-state index in [1.54, 1.807) is 18.2 Å². The smallest absolute Gasteiger partial charge is 0.170 e. The minimum atomic E-state index is -0.862. The first-order valence-corrected chi connectivity index (χ1v) is 6.95. The highest BCUT2D eigenvalue weighted by Gasteiger charge is 2.18. The van der Waals surface area contributed by atoms with Crippen LogP contribution in [0.1, 0.15) is 35.0 Å². The van der Waals surface area contributed by atoms with Crippen LogP contribution in [-0.4, -0.2) is 22.0 Å². The number of halogens is 1. The van der Waals surface area contributed by atoms with E-state index in [1.165, 1.54) is 7.11 Å². The second-order valence-corrected chi connectivity index (χ2v) is 5.19. The lowest BCUT2D eigenvalue weighted by Crippen LogP contribution is -2.05. The number of methoxy groups -OCH3 is 1. The third-order valence-corrected chi connectivity index (χ3v) is 3.90. The fraction of sp³-hybridized carbons (Fsp3) is 0.438. The first kappa shape index (κ1) is 15.5. The van der Waals surface area contributed by atoms with Gasteiger partial charge in [-0.1, -0.05) is 12.1 Å². The van der Waals surface area contributed by atoms with Crippen LogP contribution in [0.15, 0.2) is 18.2 Å². The van der Waals surface area contributed by atoms with E-state index in [1.807, 2.05) is 25.6 Å². The van der Waals surface area contributed by atoms with Gasteiger partial charge in [0, 0.05) is 18.3 Å². The molecule has 0 fully saturated rings. The second kappa shape index (κ2) is 6.26. The maximum atomic E-state index is 14.1. The van der Waals surface area contributed by atoms with E-state index in [0.717, 1.165) is 17.0 Å². The van der Waals surface area contributed by atoms with Crippen molar-refractivity contribution >= 4 is 0 Å². The number of rotatable bonds is 5. The Morgan fingerprint density at radius 2 is 2.10 bits per heavy atom. The molecule has 114 valence electrons. The molecule has 1 atom stereocenters. The first-order chi connectivity index (χ1) is 9.95. The van der Waals surface area contributed by atoms with Gasteiger partial charge in [0.1, 0.15) is 0 Å². The van der Waals surface area contributed by atoms with Gasteiger partial charge in [-0.15, -0.1) is 0 Å². The molecule has 1 aromatic heterocycles. The van der Waals surface area contributed by atoms with Gasteiger partial charge in [-0.05, 0) is 38.3 Å². The van der Waals surface area contributed by atoms with E-state index in [-0.39, 0.29) is 11.3 Å². The van der Waals surface area contributed by atoms with Crippen molar-refractivity contribution in [3.63, 3.8) is 0 Å². The van der Waals surface area contributed by atoms with E-state index in [0.29, 0.717) is 12.8 Å². The molecule has 0 bridgehead atoms. The fourth-order valence-corrected chi connectivity index (χ4v) is 2.56. The van der Waals surface area contributed by atoms with Crippen molar-refractivity contribution in [3.8, 4) is 5.75 Å². The minimum absolute atomic E-state index is 0.153. The summed E-state index contributed by atoms with van der Waals surface area (Å²) in [5.74, 6) is -0.340. The lowest BCUT2D eigenvalue weighted by molar-refractivity contribution is 0.162. The Labute approximate surface area is 124 Å². The van der Waals surface area contributed by atoms with Crippen molar-refractivity contribution in [1.82, 2.24) is 9.78 Å². The van der Waals surface area contributed by atoms with Crippen LogP contribution in [0.25, 0.3) is 0 Å². The second-order valence-electron chi connectivity index (χ2n) is 5.19. The predicted octanol–water partition coefficient (Wildman–Crippen LogP) is 2.85. The molecule has 0 aliphatic carbocycles. The van der Waals surface area contributed by atoms with Gasteiger partial charge in [-0.2, -0.15) is 5.10 Å². The molecule has 5 heteroatoms. The molecule has 1 N–H and O–H groups in total. The number of aliphatic hydroxyl groups is 1. The van der Waals surface area contributed by atoms with Gasteiger partial charge in [-0.3, -0.25) is 4.68 Å². The largest absolute Gasteiger partial charge is 0.494 e. The van der Waals surface area contributed by atoms with Crippen LogP contribution in [0.4, 0.5) is 4.39 Å². The topological polar surface area (TPSA) is 47.3 Å². The Kier molecular flexibility index (Phi) is 4.63. The number of nitrogens with zero attached hydrogens (tertiary/aromatic N) is 2. The monoisotopic (exact) mass is 292 g/mol. The summed E-state index contributed by atoms with van der Waals surface area (Å²) in [7, 11) is 3.31. The van der Waals surface area contributed by atoms with Crippen LogP contribution in [0.3, 0.4) is 0 Å². The number of hydrogen-bond acceptors (Lipinski definition) is 3. The summed E-state index contributed by atoms with van der Waals surface area (Å²) < 4.78 is 20.9. The van der Waals surface area contributed by atoms with Gasteiger partial charge in [-0.25, -0.2) is 4.39 Å². The number of aliphatic hydroxyl groups excluding tert-OH is 1. The van der Waals surface area contributed by atoms with Crippen molar-refractivity contribution < 1.29 is 14.2 Å². The molecule has 0 spiro atoms. The van der Waals surface area contributed by atoms with Gasteiger partial charge < -0.3 is 9.84 Å². The van der Waals surface area contributed by atoms with Crippen LogP contribution in [0.5, 0.6) is 5.75 Å². The molecule has 1 unspecified atom stereocenters. The number of aromatic nitrogens is 2. The maximum absolute atomic E-state index is 14.1. The summed E-state index contributed by atoms with van der Waals surface area (Å²) >= 11 is 0. The van der Waals surface area contributed by atoms with Gasteiger partial charge >= 0.3 is 0 Å². The SMILES string of the molecule is COc1cccc(C(O)CCc2c(C)nn(C)c2C)c1F. The molecule has 0 saturated heterocycles. The van der Waals surface area contributed by atoms with Gasteiger partial charge in [0.2, 0.25) is 0 Å². The van der Waals surface area contributed by atoms with Crippen molar-refractivity contribution in [2.45, 2.75) is 32.8 Å². The molecule has 1 aromatic carbocycles. The van der Waals surface area contributed by atoms with Gasteiger partial charge in [0.05, 0.1) is 18.9 Å². The molecule has 0 aliphatic rings. The Hall–Kier alpha value is -1.88. The molecule has 0 radical (unpaired) electrons. The molecule has 21 heavy (non-hydrogen) atoms. The zero-order valence-corrected chi connectivity index (χ0v) is 12.9. The Morgan fingerprint density at radius 3 is 2.67 bits per heavy atom. The highest BCUT2D eigenvalue weighted by molar-refractivity contribution is 5.32. The lowest BCUT2D eigenvalue weighted by Gasteiger charge is -2.14. The fourth-order valence-electron chi connectivity index (χ4n) is 2.56.